The SMILES string of the molecule is CC1=NC2=C(C(=O)C[C@H](c3ccccc3)C2)[C@H](c2ccc(Cl)cc2Cl)C1C#N. The third-order valence-electron chi connectivity index (χ3n) is 5.60. The van der Waals surface area contributed by atoms with Gasteiger partial charge in [-0.15, -0.1) is 0 Å². The van der Waals surface area contributed by atoms with E-state index in [4.69, 9.17) is 23.2 Å². The lowest BCUT2D eigenvalue weighted by atomic mass is 9.69. The molecular formula is C23H18Cl2N2O. The van der Waals surface area contributed by atoms with E-state index in [9.17, 15) is 10.1 Å². The number of hydrogen-bond donors (Lipinski definition) is 0. The lowest BCUT2D eigenvalue weighted by Gasteiger charge is -2.35. The van der Waals surface area contributed by atoms with Crippen LogP contribution < -0.4 is 0 Å². The average molecular weight is 409 g/mol. The van der Waals surface area contributed by atoms with Crippen LogP contribution in [0, 0.1) is 17.2 Å². The van der Waals surface area contributed by atoms with Crippen molar-refractivity contribution < 1.29 is 4.79 Å². The highest BCUT2D eigenvalue weighted by molar-refractivity contribution is 6.35. The molecular weight excluding hydrogens is 391 g/mol. The maximum absolute atomic E-state index is 13.2. The molecule has 0 amide bonds. The maximum Gasteiger partial charge on any atom is 0.161 e. The molecule has 3 atom stereocenters. The van der Waals surface area contributed by atoms with Crippen LogP contribution in [-0.2, 0) is 4.79 Å². The van der Waals surface area contributed by atoms with Gasteiger partial charge in [0.2, 0.25) is 0 Å². The Labute approximate surface area is 174 Å². The Hall–Kier alpha value is -2.41. The second-order valence-corrected chi connectivity index (χ2v) is 8.15. The lowest BCUT2D eigenvalue weighted by Crippen LogP contribution is -2.32. The number of allylic oxidation sites excluding steroid dienone is 2. The van der Waals surface area contributed by atoms with Gasteiger partial charge in [0.1, 0.15) is 0 Å². The number of carbonyl (C=O) groups is 1. The number of halogens is 2. The van der Waals surface area contributed by atoms with E-state index >= 15 is 0 Å². The fraction of sp³-hybridized carbons (Fsp3) is 0.261. The van der Waals surface area contributed by atoms with Gasteiger partial charge >= 0.3 is 0 Å². The lowest BCUT2D eigenvalue weighted by molar-refractivity contribution is -0.116. The van der Waals surface area contributed by atoms with Crippen molar-refractivity contribution in [2.24, 2.45) is 10.9 Å². The van der Waals surface area contributed by atoms with E-state index in [2.05, 4.69) is 23.2 Å². The smallest absolute Gasteiger partial charge is 0.161 e. The summed E-state index contributed by atoms with van der Waals surface area (Å²) in [6, 6.07) is 17.6. The molecule has 0 spiro atoms. The van der Waals surface area contributed by atoms with E-state index < -0.39 is 11.8 Å². The molecule has 5 heteroatoms. The zero-order valence-corrected chi connectivity index (χ0v) is 16.8. The zero-order valence-electron chi connectivity index (χ0n) is 15.3. The molecule has 0 bridgehead atoms. The largest absolute Gasteiger partial charge is 0.294 e. The Kier molecular flexibility index (Phi) is 5.10. The molecule has 4 rings (SSSR count). The number of nitriles is 1. The number of benzene rings is 2. The average Bonchev–Trinajstić information content (AvgIpc) is 2.67. The molecule has 1 heterocycles. The third-order valence-corrected chi connectivity index (χ3v) is 6.16. The minimum Gasteiger partial charge on any atom is -0.294 e. The van der Waals surface area contributed by atoms with E-state index in [0.29, 0.717) is 28.5 Å². The van der Waals surface area contributed by atoms with Gasteiger partial charge in [-0.05, 0) is 42.5 Å². The molecule has 2 aliphatic rings. The molecule has 1 aliphatic carbocycles. The molecule has 0 saturated heterocycles. The maximum atomic E-state index is 13.2. The second kappa shape index (κ2) is 7.54. The number of carbonyl (C=O) groups excluding carboxylic acids is 1. The Bertz CT molecular complexity index is 1050. The van der Waals surface area contributed by atoms with Crippen LogP contribution in [0.15, 0.2) is 64.8 Å². The summed E-state index contributed by atoms with van der Waals surface area (Å²) in [5, 5.41) is 10.8. The van der Waals surface area contributed by atoms with Crippen LogP contribution in [0.4, 0.5) is 0 Å². The molecule has 0 N–H and O–H groups in total. The highest BCUT2D eigenvalue weighted by Crippen LogP contribution is 2.47. The van der Waals surface area contributed by atoms with E-state index in [1.54, 1.807) is 12.1 Å². The van der Waals surface area contributed by atoms with Crippen LogP contribution in [0.3, 0.4) is 0 Å². The first kappa shape index (κ1) is 18.9. The first-order chi connectivity index (χ1) is 13.5. The van der Waals surface area contributed by atoms with Crippen LogP contribution in [0.2, 0.25) is 10.0 Å². The van der Waals surface area contributed by atoms with Gasteiger partial charge in [0.25, 0.3) is 0 Å². The number of hydrogen-bond acceptors (Lipinski definition) is 3. The summed E-state index contributed by atoms with van der Waals surface area (Å²) in [6.45, 7) is 1.85. The van der Waals surface area contributed by atoms with Gasteiger partial charge in [0, 0.05) is 39.4 Å². The van der Waals surface area contributed by atoms with Gasteiger partial charge < -0.3 is 0 Å². The van der Waals surface area contributed by atoms with E-state index in [1.807, 2.05) is 31.2 Å². The molecule has 0 saturated carbocycles. The highest BCUT2D eigenvalue weighted by atomic mass is 35.5. The molecule has 2 aromatic carbocycles. The van der Waals surface area contributed by atoms with Crippen molar-refractivity contribution in [1.82, 2.24) is 0 Å². The van der Waals surface area contributed by atoms with E-state index in [-0.39, 0.29) is 11.7 Å². The van der Waals surface area contributed by atoms with Crippen molar-refractivity contribution in [3.63, 3.8) is 0 Å². The summed E-state index contributed by atoms with van der Waals surface area (Å²) in [6.07, 6.45) is 1.10. The van der Waals surface area contributed by atoms with Crippen LogP contribution >= 0.6 is 23.2 Å². The predicted octanol–water partition coefficient (Wildman–Crippen LogP) is 6.09. The third kappa shape index (κ3) is 3.28. The minimum absolute atomic E-state index is 0.0441. The van der Waals surface area contributed by atoms with Gasteiger partial charge in [-0.2, -0.15) is 5.26 Å². The van der Waals surface area contributed by atoms with Gasteiger partial charge in [-0.3, -0.25) is 9.79 Å². The van der Waals surface area contributed by atoms with E-state index in [0.717, 1.165) is 22.5 Å². The first-order valence-corrected chi connectivity index (χ1v) is 9.96. The van der Waals surface area contributed by atoms with Crippen molar-refractivity contribution in [3.8, 4) is 6.07 Å². The van der Waals surface area contributed by atoms with Gasteiger partial charge in [-0.25, -0.2) is 0 Å². The van der Waals surface area contributed by atoms with Crippen molar-refractivity contribution in [1.29, 1.82) is 5.26 Å². The number of Topliss-reactive ketones (excluding diaryl/α,β-unsaturated/α-hetero) is 1. The Morgan fingerprint density at radius 1 is 1.11 bits per heavy atom. The fourth-order valence-corrected chi connectivity index (χ4v) is 4.80. The summed E-state index contributed by atoms with van der Waals surface area (Å²) in [7, 11) is 0. The Balaban J connectivity index is 1.83. The summed E-state index contributed by atoms with van der Waals surface area (Å²) in [4.78, 5) is 17.9. The first-order valence-electron chi connectivity index (χ1n) is 9.20. The molecule has 2 aromatic rings. The summed E-state index contributed by atoms with van der Waals surface area (Å²) >= 11 is 12.5. The van der Waals surface area contributed by atoms with Crippen LogP contribution in [0.5, 0.6) is 0 Å². The van der Waals surface area contributed by atoms with Crippen molar-refractivity contribution >= 4 is 34.7 Å². The van der Waals surface area contributed by atoms with Gasteiger partial charge in [-0.1, -0.05) is 59.6 Å². The zero-order chi connectivity index (χ0) is 19.8. The predicted molar refractivity (Wildman–Crippen MR) is 112 cm³/mol. The topological polar surface area (TPSA) is 53.2 Å². The Morgan fingerprint density at radius 2 is 1.86 bits per heavy atom. The van der Waals surface area contributed by atoms with Crippen LogP contribution in [-0.4, -0.2) is 11.5 Å². The monoisotopic (exact) mass is 408 g/mol. The van der Waals surface area contributed by atoms with Crippen LogP contribution in [0.1, 0.15) is 42.7 Å². The number of rotatable bonds is 2. The standard InChI is InChI=1S/C23H18Cl2N2O/c1-13-18(12-26)22(17-8-7-16(24)11-19(17)25)23-20(27-13)9-15(10-21(23)28)14-5-3-2-4-6-14/h2-8,11,15,18,22H,9-10H2,1H3/t15-,18?,22-/m1/s1. The fourth-order valence-electron chi connectivity index (χ4n) is 4.28. The number of aliphatic imine (C=N–C) groups is 1. The molecule has 1 unspecified atom stereocenters. The van der Waals surface area contributed by atoms with Crippen molar-refractivity contribution in [3.05, 3.63) is 81.0 Å². The van der Waals surface area contributed by atoms with Gasteiger partial charge in [0.05, 0.1) is 12.0 Å². The molecule has 140 valence electrons. The van der Waals surface area contributed by atoms with Crippen molar-refractivity contribution in [2.45, 2.75) is 31.6 Å². The second-order valence-electron chi connectivity index (χ2n) is 7.30. The van der Waals surface area contributed by atoms with Gasteiger partial charge in [0.15, 0.2) is 5.78 Å². The molecule has 0 aromatic heterocycles. The highest BCUT2D eigenvalue weighted by Gasteiger charge is 2.42. The van der Waals surface area contributed by atoms with E-state index in [1.165, 1.54) is 0 Å². The van der Waals surface area contributed by atoms with Crippen molar-refractivity contribution in [2.75, 3.05) is 0 Å². The summed E-state index contributed by atoms with van der Waals surface area (Å²) in [5.74, 6) is -0.785. The number of ketones is 1. The van der Waals surface area contributed by atoms with Crippen LogP contribution in [0.25, 0.3) is 0 Å². The Morgan fingerprint density at radius 3 is 2.54 bits per heavy atom. The summed E-state index contributed by atoms with van der Waals surface area (Å²) < 4.78 is 0. The summed E-state index contributed by atoms with van der Waals surface area (Å²) in [5.41, 5.74) is 4.03. The molecule has 3 nitrogen and oxygen atoms in total. The number of nitrogens with zero attached hydrogens (tertiary/aromatic N) is 2. The molecule has 0 radical (unpaired) electrons. The molecule has 0 fully saturated rings. The quantitative estimate of drug-likeness (QED) is 0.603. The minimum atomic E-state index is -0.519. The molecule has 28 heavy (non-hydrogen) atoms. The molecule has 1 aliphatic heterocycles. The normalized spacial score (nSPS) is 24.4.